The first-order valence-electron chi connectivity index (χ1n) is 6.94. The van der Waals surface area contributed by atoms with Gasteiger partial charge in [0.05, 0.1) is 11.0 Å². The Kier molecular flexibility index (Phi) is 4.69. The second kappa shape index (κ2) is 6.10. The summed E-state index contributed by atoms with van der Waals surface area (Å²) in [5.41, 5.74) is 3.57. The minimum absolute atomic E-state index is 0.656. The Balaban J connectivity index is 2.36. The van der Waals surface area contributed by atoms with Gasteiger partial charge >= 0.3 is 0 Å². The molecule has 1 heterocycles. The van der Waals surface area contributed by atoms with Gasteiger partial charge in [0.2, 0.25) is 0 Å². The van der Waals surface area contributed by atoms with E-state index >= 15 is 0 Å². The summed E-state index contributed by atoms with van der Waals surface area (Å²) in [5, 5.41) is 4.71. The third-order valence-electron chi connectivity index (χ3n) is 3.27. The molecule has 2 rings (SSSR count). The second-order valence-corrected chi connectivity index (χ2v) is 6.36. The van der Waals surface area contributed by atoms with Crippen LogP contribution in [-0.2, 0) is 13.0 Å². The number of hydrogen-bond acceptors (Lipinski definition) is 2. The molecule has 0 fully saturated rings. The van der Waals surface area contributed by atoms with Crippen molar-refractivity contribution < 1.29 is 4.42 Å². The standard InChI is InChI=1S/C16H22BrNO/c1-5-12-13-6-11(4)7-14(17)16(13)19-15(12)9-18-8-10(2)3/h6-7,10,18H,5,8-9H2,1-4H3. The minimum atomic E-state index is 0.656. The average Bonchev–Trinajstić information content (AvgIpc) is 2.66. The number of nitrogens with one attached hydrogen (secondary N) is 1. The van der Waals surface area contributed by atoms with Crippen molar-refractivity contribution in [3.63, 3.8) is 0 Å². The van der Waals surface area contributed by atoms with E-state index in [1.165, 1.54) is 16.5 Å². The summed E-state index contributed by atoms with van der Waals surface area (Å²) in [4.78, 5) is 0. The Morgan fingerprint density at radius 2 is 2.05 bits per heavy atom. The van der Waals surface area contributed by atoms with Crippen LogP contribution in [-0.4, -0.2) is 6.54 Å². The Morgan fingerprint density at radius 3 is 2.68 bits per heavy atom. The highest BCUT2D eigenvalue weighted by Gasteiger charge is 2.15. The van der Waals surface area contributed by atoms with E-state index in [2.05, 4.69) is 61.1 Å². The summed E-state index contributed by atoms with van der Waals surface area (Å²) in [7, 11) is 0. The summed E-state index contributed by atoms with van der Waals surface area (Å²) >= 11 is 3.60. The molecule has 1 aromatic heterocycles. The van der Waals surface area contributed by atoms with Gasteiger partial charge in [-0.15, -0.1) is 0 Å². The number of hydrogen-bond donors (Lipinski definition) is 1. The lowest BCUT2D eigenvalue weighted by molar-refractivity contribution is 0.480. The molecule has 3 heteroatoms. The lowest BCUT2D eigenvalue weighted by atomic mass is 10.1. The van der Waals surface area contributed by atoms with Crippen molar-refractivity contribution in [1.82, 2.24) is 5.32 Å². The van der Waals surface area contributed by atoms with Crippen LogP contribution in [0, 0.1) is 12.8 Å². The molecule has 2 aromatic rings. The largest absolute Gasteiger partial charge is 0.458 e. The van der Waals surface area contributed by atoms with E-state index in [-0.39, 0.29) is 0 Å². The number of rotatable bonds is 5. The molecule has 19 heavy (non-hydrogen) atoms. The lowest BCUT2D eigenvalue weighted by Gasteiger charge is -2.06. The van der Waals surface area contributed by atoms with Gasteiger partial charge in [-0.3, -0.25) is 0 Å². The zero-order chi connectivity index (χ0) is 14.0. The Hall–Kier alpha value is -0.800. The van der Waals surface area contributed by atoms with Gasteiger partial charge in [0.1, 0.15) is 11.3 Å². The summed E-state index contributed by atoms with van der Waals surface area (Å²) < 4.78 is 7.10. The van der Waals surface area contributed by atoms with E-state index in [0.29, 0.717) is 5.92 Å². The Morgan fingerprint density at radius 1 is 1.32 bits per heavy atom. The maximum absolute atomic E-state index is 6.05. The highest BCUT2D eigenvalue weighted by atomic mass is 79.9. The van der Waals surface area contributed by atoms with Gasteiger partial charge in [-0.25, -0.2) is 0 Å². The smallest absolute Gasteiger partial charge is 0.148 e. The van der Waals surface area contributed by atoms with Crippen LogP contribution in [0.4, 0.5) is 0 Å². The van der Waals surface area contributed by atoms with E-state index in [1.54, 1.807) is 0 Å². The van der Waals surface area contributed by atoms with Crippen LogP contribution in [0.1, 0.15) is 37.7 Å². The van der Waals surface area contributed by atoms with Crippen molar-refractivity contribution >= 4 is 26.9 Å². The highest BCUT2D eigenvalue weighted by molar-refractivity contribution is 9.10. The molecule has 0 saturated heterocycles. The van der Waals surface area contributed by atoms with Crippen LogP contribution in [0.2, 0.25) is 0 Å². The molecule has 0 atom stereocenters. The topological polar surface area (TPSA) is 25.2 Å². The molecule has 0 aliphatic rings. The maximum Gasteiger partial charge on any atom is 0.148 e. The van der Waals surface area contributed by atoms with Crippen molar-refractivity contribution in [2.24, 2.45) is 5.92 Å². The molecule has 0 unspecified atom stereocenters. The van der Waals surface area contributed by atoms with Gasteiger partial charge in [-0.1, -0.05) is 20.8 Å². The number of furan rings is 1. The van der Waals surface area contributed by atoms with Crippen LogP contribution in [0.15, 0.2) is 21.0 Å². The van der Waals surface area contributed by atoms with E-state index in [4.69, 9.17) is 4.42 Å². The van der Waals surface area contributed by atoms with Crippen LogP contribution < -0.4 is 5.32 Å². The van der Waals surface area contributed by atoms with Crippen LogP contribution in [0.25, 0.3) is 11.0 Å². The molecule has 0 aliphatic carbocycles. The molecule has 0 aliphatic heterocycles. The normalized spacial score (nSPS) is 11.7. The summed E-state index contributed by atoms with van der Waals surface area (Å²) in [6.07, 6.45) is 1.00. The predicted molar refractivity (Wildman–Crippen MR) is 84.6 cm³/mol. The van der Waals surface area contributed by atoms with E-state index in [0.717, 1.165) is 35.3 Å². The van der Waals surface area contributed by atoms with Crippen molar-refractivity contribution in [2.45, 2.75) is 40.7 Å². The van der Waals surface area contributed by atoms with Gasteiger partial charge in [0.15, 0.2) is 0 Å². The zero-order valence-corrected chi connectivity index (χ0v) is 13.7. The molecule has 2 nitrogen and oxygen atoms in total. The monoisotopic (exact) mass is 323 g/mol. The molecule has 0 bridgehead atoms. The van der Waals surface area contributed by atoms with Crippen LogP contribution >= 0.6 is 15.9 Å². The Bertz CT molecular complexity index is 572. The molecule has 1 aromatic carbocycles. The van der Waals surface area contributed by atoms with Gasteiger partial charge < -0.3 is 9.73 Å². The predicted octanol–water partition coefficient (Wildman–Crippen LogP) is 4.81. The van der Waals surface area contributed by atoms with Crippen molar-refractivity contribution in [1.29, 1.82) is 0 Å². The average molecular weight is 324 g/mol. The SMILES string of the molecule is CCc1c(CNCC(C)C)oc2c(Br)cc(C)cc12. The molecule has 0 spiro atoms. The third-order valence-corrected chi connectivity index (χ3v) is 3.86. The van der Waals surface area contributed by atoms with Gasteiger partial charge in [-0.2, -0.15) is 0 Å². The van der Waals surface area contributed by atoms with Gasteiger partial charge in [0, 0.05) is 10.9 Å². The number of aryl methyl sites for hydroxylation is 2. The number of fused-ring (bicyclic) bond motifs is 1. The van der Waals surface area contributed by atoms with Gasteiger partial charge in [-0.05, 0) is 59.4 Å². The maximum atomic E-state index is 6.05. The number of halogens is 1. The first-order valence-corrected chi connectivity index (χ1v) is 7.73. The summed E-state index contributed by atoms with van der Waals surface area (Å²) in [5.74, 6) is 1.73. The van der Waals surface area contributed by atoms with Crippen molar-refractivity contribution in [2.75, 3.05) is 6.54 Å². The van der Waals surface area contributed by atoms with E-state index in [1.807, 2.05) is 0 Å². The fraction of sp³-hybridized carbons (Fsp3) is 0.500. The Labute approximate surface area is 123 Å². The molecular formula is C16H22BrNO. The third kappa shape index (κ3) is 3.21. The molecular weight excluding hydrogens is 302 g/mol. The van der Waals surface area contributed by atoms with Gasteiger partial charge in [0.25, 0.3) is 0 Å². The van der Waals surface area contributed by atoms with Crippen LogP contribution in [0.3, 0.4) is 0 Å². The quantitative estimate of drug-likeness (QED) is 0.854. The van der Waals surface area contributed by atoms with E-state index in [9.17, 15) is 0 Å². The fourth-order valence-electron chi connectivity index (χ4n) is 2.40. The zero-order valence-electron chi connectivity index (χ0n) is 12.1. The fourth-order valence-corrected chi connectivity index (χ4v) is 3.05. The second-order valence-electron chi connectivity index (χ2n) is 5.51. The lowest BCUT2D eigenvalue weighted by Crippen LogP contribution is -2.19. The molecule has 0 amide bonds. The molecule has 0 radical (unpaired) electrons. The highest BCUT2D eigenvalue weighted by Crippen LogP contribution is 2.33. The van der Waals surface area contributed by atoms with Crippen LogP contribution in [0.5, 0.6) is 0 Å². The minimum Gasteiger partial charge on any atom is -0.458 e. The number of benzene rings is 1. The first kappa shape index (κ1) is 14.6. The summed E-state index contributed by atoms with van der Waals surface area (Å²) in [6.45, 7) is 10.6. The van der Waals surface area contributed by atoms with E-state index < -0.39 is 0 Å². The van der Waals surface area contributed by atoms with Crippen molar-refractivity contribution in [3.8, 4) is 0 Å². The first-order chi connectivity index (χ1) is 9.02. The molecule has 1 N–H and O–H groups in total. The molecule has 104 valence electrons. The summed E-state index contributed by atoms with van der Waals surface area (Å²) in [6, 6.07) is 4.32. The van der Waals surface area contributed by atoms with Crippen molar-refractivity contribution in [3.05, 3.63) is 33.5 Å². The molecule has 0 saturated carbocycles.